The van der Waals surface area contributed by atoms with Crippen LogP contribution in [-0.2, 0) is 11.3 Å². The maximum absolute atomic E-state index is 13.9. The van der Waals surface area contributed by atoms with Crippen molar-refractivity contribution in [3.8, 4) is 11.5 Å². The molecule has 160 valence electrons. The first-order valence-corrected chi connectivity index (χ1v) is 10.3. The fourth-order valence-electron chi connectivity index (χ4n) is 4.10. The van der Waals surface area contributed by atoms with Gasteiger partial charge in [-0.15, -0.1) is 0 Å². The van der Waals surface area contributed by atoms with Gasteiger partial charge in [-0.3, -0.25) is 4.79 Å². The highest BCUT2D eigenvalue weighted by Gasteiger charge is 2.26. The molecule has 2 heterocycles. The smallest absolute Gasteiger partial charge is 0.275 e. The number of carbonyl (C=O) groups excluding carboxylic acids is 1. The standard InChI is InChI=1S/C22H25F2N3O3/c1-15(18-4-3-17(23)11-19(18)24)25-22(28)13-27-8-6-26(7-9-27)12-16-2-5-20-21(10-16)30-14-29-20/h2-5,10-11,15H,6-9,12-14H2,1H3,(H,25,28)/p+2/t15-/m0/s1. The van der Waals surface area contributed by atoms with Gasteiger partial charge in [-0.2, -0.15) is 0 Å². The zero-order chi connectivity index (χ0) is 21.1. The molecule has 0 radical (unpaired) electrons. The number of amides is 1. The SMILES string of the molecule is C[C@H](NC(=O)C[NH+]1CC[NH+](Cc2ccc3c(c2)OCO3)CC1)c1ccc(F)cc1F. The molecule has 0 spiro atoms. The maximum Gasteiger partial charge on any atom is 0.275 e. The van der Waals surface area contributed by atoms with Crippen molar-refractivity contribution >= 4 is 5.91 Å². The van der Waals surface area contributed by atoms with E-state index in [0.717, 1.165) is 50.3 Å². The lowest BCUT2D eigenvalue weighted by molar-refractivity contribution is -1.02. The van der Waals surface area contributed by atoms with Gasteiger partial charge < -0.3 is 24.6 Å². The Morgan fingerprint density at radius 2 is 1.77 bits per heavy atom. The number of hydrogen-bond donors (Lipinski definition) is 3. The summed E-state index contributed by atoms with van der Waals surface area (Å²) in [4.78, 5) is 15.1. The molecule has 2 aliphatic heterocycles. The van der Waals surface area contributed by atoms with Crippen molar-refractivity contribution < 1.29 is 32.8 Å². The maximum atomic E-state index is 13.9. The van der Waals surface area contributed by atoms with Gasteiger partial charge >= 0.3 is 0 Å². The molecule has 0 unspecified atom stereocenters. The van der Waals surface area contributed by atoms with Crippen molar-refractivity contribution in [3.63, 3.8) is 0 Å². The zero-order valence-electron chi connectivity index (χ0n) is 17.0. The number of quaternary nitrogens is 2. The van der Waals surface area contributed by atoms with Crippen molar-refractivity contribution in [1.82, 2.24) is 5.32 Å². The van der Waals surface area contributed by atoms with Gasteiger partial charge in [0.25, 0.3) is 5.91 Å². The van der Waals surface area contributed by atoms with E-state index in [0.29, 0.717) is 6.54 Å². The van der Waals surface area contributed by atoms with Crippen LogP contribution in [0.15, 0.2) is 36.4 Å². The average molecular weight is 419 g/mol. The first kappa shape index (κ1) is 20.6. The Labute approximate surface area is 174 Å². The van der Waals surface area contributed by atoms with E-state index in [2.05, 4.69) is 11.4 Å². The van der Waals surface area contributed by atoms with Gasteiger partial charge in [0.2, 0.25) is 6.79 Å². The molecule has 0 bridgehead atoms. The predicted molar refractivity (Wildman–Crippen MR) is 105 cm³/mol. The van der Waals surface area contributed by atoms with Crippen molar-refractivity contribution in [2.24, 2.45) is 0 Å². The third-order valence-electron chi connectivity index (χ3n) is 5.77. The summed E-state index contributed by atoms with van der Waals surface area (Å²) in [6.07, 6.45) is 0. The Balaban J connectivity index is 1.23. The van der Waals surface area contributed by atoms with Crippen molar-refractivity contribution in [1.29, 1.82) is 0 Å². The lowest BCUT2D eigenvalue weighted by Crippen LogP contribution is -3.28. The summed E-state index contributed by atoms with van der Waals surface area (Å²) in [5, 5.41) is 2.82. The fraction of sp³-hybridized carbons (Fsp3) is 0.409. The van der Waals surface area contributed by atoms with E-state index < -0.39 is 17.7 Å². The molecule has 30 heavy (non-hydrogen) atoms. The van der Waals surface area contributed by atoms with Crippen LogP contribution in [0.1, 0.15) is 24.1 Å². The number of hydrogen-bond acceptors (Lipinski definition) is 3. The summed E-state index contributed by atoms with van der Waals surface area (Å²) < 4.78 is 37.8. The van der Waals surface area contributed by atoms with Crippen molar-refractivity contribution in [3.05, 3.63) is 59.2 Å². The van der Waals surface area contributed by atoms with Crippen LogP contribution in [-0.4, -0.2) is 45.4 Å². The van der Waals surface area contributed by atoms with Gasteiger partial charge in [0, 0.05) is 17.2 Å². The van der Waals surface area contributed by atoms with E-state index in [4.69, 9.17) is 9.47 Å². The van der Waals surface area contributed by atoms with Crippen LogP contribution in [0, 0.1) is 11.6 Å². The van der Waals surface area contributed by atoms with E-state index in [1.54, 1.807) is 6.92 Å². The van der Waals surface area contributed by atoms with Crippen LogP contribution >= 0.6 is 0 Å². The second-order valence-corrected chi connectivity index (χ2v) is 8.00. The van der Waals surface area contributed by atoms with Crippen LogP contribution < -0.4 is 24.6 Å². The molecule has 0 aliphatic carbocycles. The number of carbonyl (C=O) groups is 1. The molecule has 4 rings (SSSR count). The predicted octanol–water partition coefficient (Wildman–Crippen LogP) is -0.146. The molecule has 0 aromatic heterocycles. The molecule has 2 aromatic rings. The Bertz CT molecular complexity index is 916. The van der Waals surface area contributed by atoms with Gasteiger partial charge in [-0.05, 0) is 31.2 Å². The second-order valence-electron chi connectivity index (χ2n) is 8.00. The number of halogens is 2. The highest BCUT2D eigenvalue weighted by atomic mass is 19.1. The van der Waals surface area contributed by atoms with Crippen LogP contribution in [0.4, 0.5) is 8.78 Å². The number of rotatable bonds is 6. The molecule has 1 atom stereocenters. The average Bonchev–Trinajstić information content (AvgIpc) is 3.17. The molecule has 2 aromatic carbocycles. The van der Waals surface area contributed by atoms with Crippen LogP contribution in [0.3, 0.4) is 0 Å². The third kappa shape index (κ3) is 4.88. The van der Waals surface area contributed by atoms with Crippen LogP contribution in [0.2, 0.25) is 0 Å². The molecule has 2 aliphatic rings. The Hall–Kier alpha value is -2.71. The van der Waals surface area contributed by atoms with E-state index in [1.165, 1.54) is 27.5 Å². The summed E-state index contributed by atoms with van der Waals surface area (Å²) in [5.41, 5.74) is 1.50. The summed E-state index contributed by atoms with van der Waals surface area (Å²) in [6, 6.07) is 8.98. The van der Waals surface area contributed by atoms with Gasteiger partial charge in [0.05, 0.1) is 6.04 Å². The Morgan fingerprint density at radius 3 is 2.53 bits per heavy atom. The number of nitrogens with one attached hydrogen (secondary N) is 3. The fourth-order valence-corrected chi connectivity index (χ4v) is 4.10. The lowest BCUT2D eigenvalue weighted by Gasteiger charge is -2.29. The molecule has 3 N–H and O–H groups in total. The highest BCUT2D eigenvalue weighted by Crippen LogP contribution is 2.32. The molecule has 1 fully saturated rings. The topological polar surface area (TPSA) is 56.4 Å². The molecular formula is C22H27F2N3O3+2. The van der Waals surface area contributed by atoms with Crippen LogP contribution in [0.25, 0.3) is 0 Å². The van der Waals surface area contributed by atoms with Gasteiger partial charge in [0.15, 0.2) is 18.0 Å². The van der Waals surface area contributed by atoms with E-state index in [9.17, 15) is 13.6 Å². The molecule has 0 saturated carbocycles. The van der Waals surface area contributed by atoms with Crippen molar-refractivity contribution in [2.45, 2.75) is 19.5 Å². The monoisotopic (exact) mass is 419 g/mol. The van der Waals surface area contributed by atoms with E-state index >= 15 is 0 Å². The van der Waals surface area contributed by atoms with Gasteiger partial charge in [-0.25, -0.2) is 8.78 Å². The number of piperazine rings is 1. The first-order valence-electron chi connectivity index (χ1n) is 10.3. The third-order valence-corrected chi connectivity index (χ3v) is 5.77. The molecule has 6 nitrogen and oxygen atoms in total. The van der Waals surface area contributed by atoms with Crippen LogP contribution in [0.5, 0.6) is 11.5 Å². The van der Waals surface area contributed by atoms with Gasteiger partial charge in [-0.1, -0.05) is 6.07 Å². The summed E-state index contributed by atoms with van der Waals surface area (Å²) in [5.74, 6) is 0.208. The quantitative estimate of drug-likeness (QED) is 0.611. The minimum atomic E-state index is -0.643. The normalized spacial score (nSPS) is 21.3. The molecular weight excluding hydrogens is 392 g/mol. The van der Waals surface area contributed by atoms with Gasteiger partial charge in [0.1, 0.15) is 44.4 Å². The Morgan fingerprint density at radius 1 is 1.03 bits per heavy atom. The lowest BCUT2D eigenvalue weighted by atomic mass is 10.1. The van der Waals surface area contributed by atoms with Crippen molar-refractivity contribution in [2.75, 3.05) is 39.5 Å². The minimum Gasteiger partial charge on any atom is -0.454 e. The number of ether oxygens (including phenoxy) is 2. The Kier molecular flexibility index (Phi) is 6.15. The number of fused-ring (bicyclic) bond motifs is 1. The highest BCUT2D eigenvalue weighted by molar-refractivity contribution is 5.77. The first-order chi connectivity index (χ1) is 14.5. The van der Waals surface area contributed by atoms with E-state index in [-0.39, 0.29) is 18.3 Å². The minimum absolute atomic E-state index is 0.125. The zero-order valence-corrected chi connectivity index (χ0v) is 17.0. The summed E-state index contributed by atoms with van der Waals surface area (Å²) >= 11 is 0. The van der Waals surface area contributed by atoms with E-state index in [1.807, 2.05) is 12.1 Å². The second kappa shape index (κ2) is 8.97. The number of benzene rings is 2. The summed E-state index contributed by atoms with van der Waals surface area (Å²) in [7, 11) is 0. The molecule has 1 saturated heterocycles. The molecule has 8 heteroatoms. The summed E-state index contributed by atoms with van der Waals surface area (Å²) in [6.45, 7) is 6.98. The molecule has 1 amide bonds. The largest absolute Gasteiger partial charge is 0.454 e.